The monoisotopic (exact) mass is 252 g/mol. The fraction of sp³-hybridized carbons (Fsp3) is 0.100. The standard InChI is InChI=1S/C10H8N2O2S2/c1-15-7-4-2-6(3-5-7)8-9(10(13)14)12-16-11-8/h2-5H,1H3,(H,13,14). The molecule has 0 bridgehead atoms. The molecule has 6 heteroatoms. The van der Waals surface area contributed by atoms with Crippen molar-refractivity contribution in [1.29, 1.82) is 0 Å². The minimum Gasteiger partial charge on any atom is -0.476 e. The van der Waals surface area contributed by atoms with Crippen molar-refractivity contribution in [2.24, 2.45) is 0 Å². The minimum atomic E-state index is -1.04. The summed E-state index contributed by atoms with van der Waals surface area (Å²) in [6.07, 6.45) is 1.99. The number of aromatic carboxylic acids is 1. The predicted octanol–water partition coefficient (Wildman–Crippen LogP) is 2.63. The number of carboxylic acid groups (broad SMARTS) is 1. The van der Waals surface area contributed by atoms with Crippen molar-refractivity contribution < 1.29 is 9.90 Å². The maximum absolute atomic E-state index is 10.9. The number of benzene rings is 1. The molecule has 0 spiro atoms. The summed E-state index contributed by atoms with van der Waals surface area (Å²) >= 11 is 2.55. The van der Waals surface area contributed by atoms with Crippen molar-refractivity contribution in [2.45, 2.75) is 4.90 Å². The lowest BCUT2D eigenvalue weighted by Crippen LogP contribution is -1.98. The minimum absolute atomic E-state index is 0.0156. The highest BCUT2D eigenvalue weighted by molar-refractivity contribution is 7.98. The number of rotatable bonds is 3. The molecule has 0 saturated heterocycles. The normalized spacial score (nSPS) is 10.3. The lowest BCUT2D eigenvalue weighted by molar-refractivity contribution is 0.0692. The molecule has 0 saturated carbocycles. The van der Waals surface area contributed by atoms with E-state index in [0.717, 1.165) is 22.2 Å². The van der Waals surface area contributed by atoms with Gasteiger partial charge >= 0.3 is 5.97 Å². The first kappa shape index (κ1) is 11.1. The molecule has 0 aliphatic rings. The number of carboxylic acids is 1. The van der Waals surface area contributed by atoms with E-state index in [0.29, 0.717) is 5.69 Å². The highest BCUT2D eigenvalue weighted by Crippen LogP contribution is 2.24. The Labute approximate surface area is 101 Å². The molecule has 2 aromatic rings. The molecule has 0 amide bonds. The van der Waals surface area contributed by atoms with Crippen LogP contribution in [0.2, 0.25) is 0 Å². The molecule has 0 atom stereocenters. The molecular formula is C10H8N2O2S2. The number of carbonyl (C=O) groups is 1. The maximum atomic E-state index is 10.9. The zero-order valence-electron chi connectivity index (χ0n) is 8.38. The van der Waals surface area contributed by atoms with Gasteiger partial charge < -0.3 is 5.11 Å². The van der Waals surface area contributed by atoms with Crippen LogP contribution in [0.5, 0.6) is 0 Å². The lowest BCUT2D eigenvalue weighted by atomic mass is 10.1. The molecule has 0 fully saturated rings. The molecule has 2 rings (SSSR count). The summed E-state index contributed by atoms with van der Waals surface area (Å²) in [5.74, 6) is -1.04. The Kier molecular flexibility index (Phi) is 3.21. The van der Waals surface area contributed by atoms with Crippen molar-refractivity contribution in [3.8, 4) is 11.3 Å². The van der Waals surface area contributed by atoms with E-state index >= 15 is 0 Å². The Morgan fingerprint density at radius 3 is 2.56 bits per heavy atom. The second-order valence-corrected chi connectivity index (χ2v) is 4.40. The van der Waals surface area contributed by atoms with Crippen LogP contribution in [0.25, 0.3) is 11.3 Å². The largest absolute Gasteiger partial charge is 0.476 e. The molecule has 1 heterocycles. The first-order chi connectivity index (χ1) is 7.72. The van der Waals surface area contributed by atoms with Crippen LogP contribution in [-0.2, 0) is 0 Å². The third kappa shape index (κ3) is 2.07. The van der Waals surface area contributed by atoms with Gasteiger partial charge in [-0.1, -0.05) is 12.1 Å². The second kappa shape index (κ2) is 4.63. The van der Waals surface area contributed by atoms with Gasteiger partial charge in [-0.2, -0.15) is 8.75 Å². The number of aromatic nitrogens is 2. The van der Waals surface area contributed by atoms with E-state index in [9.17, 15) is 4.79 Å². The average molecular weight is 252 g/mol. The summed E-state index contributed by atoms with van der Waals surface area (Å²) in [5, 5.41) is 8.92. The van der Waals surface area contributed by atoms with Crippen LogP contribution in [-0.4, -0.2) is 26.1 Å². The number of thioether (sulfide) groups is 1. The van der Waals surface area contributed by atoms with E-state index in [1.165, 1.54) is 0 Å². The Morgan fingerprint density at radius 1 is 1.31 bits per heavy atom. The van der Waals surface area contributed by atoms with Gasteiger partial charge in [-0.25, -0.2) is 4.79 Å². The fourth-order valence-electron chi connectivity index (χ4n) is 1.27. The molecule has 4 nitrogen and oxygen atoms in total. The van der Waals surface area contributed by atoms with Gasteiger partial charge in [0, 0.05) is 10.5 Å². The summed E-state index contributed by atoms with van der Waals surface area (Å²) in [6.45, 7) is 0. The Hall–Kier alpha value is -1.40. The molecule has 1 aromatic heterocycles. The summed E-state index contributed by atoms with van der Waals surface area (Å²) < 4.78 is 7.77. The third-order valence-electron chi connectivity index (χ3n) is 2.05. The first-order valence-corrected chi connectivity index (χ1v) is 6.38. The van der Waals surface area contributed by atoms with E-state index in [1.54, 1.807) is 11.8 Å². The maximum Gasteiger partial charge on any atom is 0.357 e. The van der Waals surface area contributed by atoms with Crippen molar-refractivity contribution >= 4 is 29.5 Å². The smallest absolute Gasteiger partial charge is 0.357 e. The highest BCUT2D eigenvalue weighted by atomic mass is 32.2. The van der Waals surface area contributed by atoms with Crippen LogP contribution >= 0.6 is 23.5 Å². The number of hydrogen-bond donors (Lipinski definition) is 1. The third-order valence-corrected chi connectivity index (χ3v) is 3.33. The summed E-state index contributed by atoms with van der Waals surface area (Å²) in [6, 6.07) is 7.58. The van der Waals surface area contributed by atoms with E-state index < -0.39 is 5.97 Å². The molecule has 0 radical (unpaired) electrons. The Morgan fingerprint density at radius 2 is 2.00 bits per heavy atom. The van der Waals surface area contributed by atoms with Crippen molar-refractivity contribution in [3.05, 3.63) is 30.0 Å². The molecule has 1 aromatic carbocycles. The van der Waals surface area contributed by atoms with E-state index in [1.807, 2.05) is 30.5 Å². The molecule has 0 unspecified atom stereocenters. The highest BCUT2D eigenvalue weighted by Gasteiger charge is 2.16. The quantitative estimate of drug-likeness (QED) is 0.851. The molecule has 0 aliphatic carbocycles. The number of hydrogen-bond acceptors (Lipinski definition) is 5. The van der Waals surface area contributed by atoms with Crippen LogP contribution in [0.1, 0.15) is 10.5 Å². The summed E-state index contributed by atoms with van der Waals surface area (Å²) in [5.41, 5.74) is 1.23. The summed E-state index contributed by atoms with van der Waals surface area (Å²) in [7, 11) is 0. The zero-order valence-corrected chi connectivity index (χ0v) is 10.0. The van der Waals surface area contributed by atoms with Crippen LogP contribution < -0.4 is 0 Å². The van der Waals surface area contributed by atoms with Gasteiger partial charge in [0.1, 0.15) is 5.69 Å². The fourth-order valence-corrected chi connectivity index (χ4v) is 2.24. The first-order valence-electron chi connectivity index (χ1n) is 4.42. The van der Waals surface area contributed by atoms with Crippen molar-refractivity contribution in [3.63, 3.8) is 0 Å². The number of nitrogens with zero attached hydrogens (tertiary/aromatic N) is 2. The topological polar surface area (TPSA) is 63.1 Å². The van der Waals surface area contributed by atoms with Crippen LogP contribution in [0.4, 0.5) is 0 Å². The Bertz CT molecular complexity index is 508. The molecule has 16 heavy (non-hydrogen) atoms. The molecule has 0 aliphatic heterocycles. The van der Waals surface area contributed by atoms with Gasteiger partial charge in [0.15, 0.2) is 5.69 Å². The van der Waals surface area contributed by atoms with Gasteiger partial charge in [-0.3, -0.25) is 0 Å². The van der Waals surface area contributed by atoms with Crippen molar-refractivity contribution in [2.75, 3.05) is 6.26 Å². The van der Waals surface area contributed by atoms with E-state index in [2.05, 4.69) is 8.75 Å². The lowest BCUT2D eigenvalue weighted by Gasteiger charge is -1.99. The van der Waals surface area contributed by atoms with Crippen LogP contribution in [0.15, 0.2) is 29.2 Å². The van der Waals surface area contributed by atoms with Gasteiger partial charge in [0.2, 0.25) is 0 Å². The second-order valence-electron chi connectivity index (χ2n) is 3.00. The van der Waals surface area contributed by atoms with Crippen LogP contribution in [0, 0.1) is 0 Å². The van der Waals surface area contributed by atoms with E-state index in [-0.39, 0.29) is 5.69 Å². The van der Waals surface area contributed by atoms with Gasteiger partial charge in [0.05, 0.1) is 11.7 Å². The average Bonchev–Trinajstić information content (AvgIpc) is 2.78. The zero-order chi connectivity index (χ0) is 11.5. The van der Waals surface area contributed by atoms with Gasteiger partial charge in [-0.05, 0) is 18.4 Å². The van der Waals surface area contributed by atoms with Gasteiger partial charge in [0.25, 0.3) is 0 Å². The predicted molar refractivity (Wildman–Crippen MR) is 64.1 cm³/mol. The molecule has 1 N–H and O–H groups in total. The van der Waals surface area contributed by atoms with Gasteiger partial charge in [-0.15, -0.1) is 11.8 Å². The summed E-state index contributed by atoms with van der Waals surface area (Å²) in [4.78, 5) is 12.0. The SMILES string of the molecule is CSc1ccc(-c2nsnc2C(=O)O)cc1. The molecule has 82 valence electrons. The molecular weight excluding hydrogens is 244 g/mol. The van der Waals surface area contributed by atoms with Crippen LogP contribution in [0.3, 0.4) is 0 Å². The van der Waals surface area contributed by atoms with E-state index in [4.69, 9.17) is 5.11 Å². The Balaban J connectivity index is 2.42. The van der Waals surface area contributed by atoms with Crippen molar-refractivity contribution in [1.82, 2.24) is 8.75 Å².